The van der Waals surface area contributed by atoms with Gasteiger partial charge in [0.1, 0.15) is 0 Å². The van der Waals surface area contributed by atoms with Crippen molar-refractivity contribution in [2.45, 2.75) is 59.8 Å². The van der Waals surface area contributed by atoms with Crippen molar-refractivity contribution in [2.24, 2.45) is 16.5 Å². The lowest BCUT2D eigenvalue weighted by Gasteiger charge is -2.21. The van der Waals surface area contributed by atoms with Gasteiger partial charge >= 0.3 is 5.97 Å². The molecule has 0 aromatic rings. The van der Waals surface area contributed by atoms with E-state index >= 15 is 0 Å². The summed E-state index contributed by atoms with van der Waals surface area (Å²) >= 11 is 0. The summed E-state index contributed by atoms with van der Waals surface area (Å²) in [6.07, 6.45) is 6.23. The topological polar surface area (TPSA) is 38.7 Å². The Morgan fingerprint density at radius 2 is 1.75 bits per heavy atom. The smallest absolute Gasteiger partial charge is 0.318 e. The van der Waals surface area contributed by atoms with Gasteiger partial charge in [-0.25, -0.2) is 4.79 Å². The van der Waals surface area contributed by atoms with Gasteiger partial charge in [0.2, 0.25) is 0 Å². The lowest BCUT2D eigenvalue weighted by molar-refractivity contribution is -0.153. The van der Waals surface area contributed by atoms with Crippen LogP contribution in [0.5, 0.6) is 0 Å². The van der Waals surface area contributed by atoms with Crippen LogP contribution in [0.15, 0.2) is 5.16 Å². The first-order valence-corrected chi connectivity index (χ1v) is 6.17. The van der Waals surface area contributed by atoms with Crippen LogP contribution in [-0.2, 0) is 9.63 Å². The van der Waals surface area contributed by atoms with E-state index in [9.17, 15) is 4.79 Å². The van der Waals surface area contributed by atoms with Gasteiger partial charge in [-0.1, -0.05) is 24.4 Å². The van der Waals surface area contributed by atoms with Gasteiger partial charge < -0.3 is 4.84 Å². The zero-order valence-corrected chi connectivity index (χ0v) is 10.9. The lowest BCUT2D eigenvalue weighted by atomic mass is 9.86. The third kappa shape index (κ3) is 3.95. The van der Waals surface area contributed by atoms with Crippen molar-refractivity contribution in [1.29, 1.82) is 0 Å². The van der Waals surface area contributed by atoms with Gasteiger partial charge in [-0.15, -0.1) is 0 Å². The molecule has 3 heteroatoms. The van der Waals surface area contributed by atoms with Crippen LogP contribution < -0.4 is 0 Å². The highest BCUT2D eigenvalue weighted by atomic mass is 16.7. The fraction of sp³-hybridized carbons (Fsp3) is 0.846. The van der Waals surface area contributed by atoms with Crippen molar-refractivity contribution < 1.29 is 9.63 Å². The predicted molar refractivity (Wildman–Crippen MR) is 65.2 cm³/mol. The monoisotopic (exact) mass is 225 g/mol. The van der Waals surface area contributed by atoms with Crippen molar-refractivity contribution in [3.63, 3.8) is 0 Å². The molecule has 0 aromatic carbocycles. The summed E-state index contributed by atoms with van der Waals surface area (Å²) in [6, 6.07) is 0. The Kier molecular flexibility index (Phi) is 4.51. The highest BCUT2D eigenvalue weighted by Crippen LogP contribution is 2.25. The van der Waals surface area contributed by atoms with E-state index in [1.807, 2.05) is 27.7 Å². The minimum atomic E-state index is -0.476. The van der Waals surface area contributed by atoms with Crippen LogP contribution in [0.3, 0.4) is 0 Å². The summed E-state index contributed by atoms with van der Waals surface area (Å²) in [6.45, 7) is 7.47. The molecule has 0 spiro atoms. The van der Waals surface area contributed by atoms with Crippen molar-refractivity contribution in [3.05, 3.63) is 0 Å². The minimum absolute atomic E-state index is 0.261. The lowest BCUT2D eigenvalue weighted by Crippen LogP contribution is -2.22. The molecule has 1 fully saturated rings. The first-order valence-electron chi connectivity index (χ1n) is 6.17. The molecule has 0 heterocycles. The average molecular weight is 225 g/mol. The normalized spacial score (nSPS) is 19.6. The zero-order chi connectivity index (χ0) is 12.2. The van der Waals surface area contributed by atoms with Crippen LogP contribution in [0, 0.1) is 11.3 Å². The molecule has 0 amide bonds. The minimum Gasteiger partial charge on any atom is -0.318 e. The van der Waals surface area contributed by atoms with Crippen LogP contribution in [0.25, 0.3) is 0 Å². The van der Waals surface area contributed by atoms with Gasteiger partial charge in [-0.2, -0.15) is 0 Å². The van der Waals surface area contributed by atoms with E-state index in [0.717, 1.165) is 5.71 Å². The Morgan fingerprint density at radius 3 is 2.25 bits per heavy atom. The second kappa shape index (κ2) is 5.46. The summed E-state index contributed by atoms with van der Waals surface area (Å²) in [7, 11) is 0. The van der Waals surface area contributed by atoms with Crippen LogP contribution in [0.2, 0.25) is 0 Å². The Bertz CT molecular complexity index is 270. The molecule has 1 aliphatic rings. The molecule has 0 saturated heterocycles. The maximum Gasteiger partial charge on any atom is 0.340 e. The molecule has 1 saturated carbocycles. The Morgan fingerprint density at radius 1 is 1.19 bits per heavy atom. The van der Waals surface area contributed by atoms with Crippen molar-refractivity contribution in [2.75, 3.05) is 0 Å². The summed E-state index contributed by atoms with van der Waals surface area (Å²) in [5.74, 6) is 0.254. The SMILES string of the molecule is C/C(=N/OC(=O)C(C)(C)C)C1CCCCC1. The molecule has 0 radical (unpaired) electrons. The van der Waals surface area contributed by atoms with Crippen LogP contribution in [-0.4, -0.2) is 11.7 Å². The number of carbonyl (C=O) groups excluding carboxylic acids is 1. The summed E-state index contributed by atoms with van der Waals surface area (Å²) in [5.41, 5.74) is 0.494. The van der Waals surface area contributed by atoms with E-state index in [-0.39, 0.29) is 5.97 Å². The van der Waals surface area contributed by atoms with E-state index in [4.69, 9.17) is 4.84 Å². The molecule has 0 unspecified atom stereocenters. The molecule has 0 N–H and O–H groups in total. The number of nitrogens with zero attached hydrogens (tertiary/aromatic N) is 1. The van der Waals surface area contributed by atoms with Crippen LogP contribution in [0.4, 0.5) is 0 Å². The van der Waals surface area contributed by atoms with E-state index in [1.54, 1.807) is 0 Å². The van der Waals surface area contributed by atoms with Crippen LogP contribution >= 0.6 is 0 Å². The summed E-state index contributed by atoms with van der Waals surface area (Å²) in [4.78, 5) is 16.5. The van der Waals surface area contributed by atoms with Gasteiger partial charge in [-0.3, -0.25) is 0 Å². The third-order valence-electron chi connectivity index (χ3n) is 3.08. The molecule has 1 aliphatic carbocycles. The van der Waals surface area contributed by atoms with Crippen molar-refractivity contribution >= 4 is 11.7 Å². The third-order valence-corrected chi connectivity index (χ3v) is 3.08. The van der Waals surface area contributed by atoms with Crippen molar-refractivity contribution in [1.82, 2.24) is 0 Å². The molecule has 1 rings (SSSR count). The first kappa shape index (κ1) is 13.2. The number of hydrogen-bond acceptors (Lipinski definition) is 3. The summed E-state index contributed by atoms with van der Waals surface area (Å²) in [5, 5.41) is 3.98. The van der Waals surface area contributed by atoms with Crippen LogP contribution in [0.1, 0.15) is 59.8 Å². The van der Waals surface area contributed by atoms with E-state index in [0.29, 0.717) is 5.92 Å². The van der Waals surface area contributed by atoms with Crippen molar-refractivity contribution in [3.8, 4) is 0 Å². The van der Waals surface area contributed by atoms with Gasteiger partial charge in [-0.05, 0) is 40.5 Å². The largest absolute Gasteiger partial charge is 0.340 e. The number of carbonyl (C=O) groups is 1. The summed E-state index contributed by atoms with van der Waals surface area (Å²) < 4.78 is 0. The Labute approximate surface area is 98.2 Å². The molecule has 0 bridgehead atoms. The molecule has 92 valence electrons. The molecule has 16 heavy (non-hydrogen) atoms. The average Bonchev–Trinajstić information content (AvgIpc) is 2.25. The maximum atomic E-state index is 11.5. The number of hydrogen-bond donors (Lipinski definition) is 0. The van der Waals surface area contributed by atoms with E-state index in [1.165, 1.54) is 32.1 Å². The quantitative estimate of drug-likeness (QED) is 0.409. The van der Waals surface area contributed by atoms with E-state index in [2.05, 4.69) is 5.16 Å². The van der Waals surface area contributed by atoms with Gasteiger partial charge in [0.05, 0.1) is 11.1 Å². The Hall–Kier alpha value is -0.860. The highest BCUT2D eigenvalue weighted by Gasteiger charge is 2.24. The first-order chi connectivity index (χ1) is 7.41. The number of oxime groups is 1. The van der Waals surface area contributed by atoms with Gasteiger partial charge in [0.25, 0.3) is 0 Å². The van der Waals surface area contributed by atoms with Gasteiger partial charge in [0.15, 0.2) is 0 Å². The fourth-order valence-corrected chi connectivity index (χ4v) is 1.85. The molecular weight excluding hydrogens is 202 g/mol. The van der Waals surface area contributed by atoms with Gasteiger partial charge in [0, 0.05) is 5.92 Å². The molecular formula is C13H23NO2. The highest BCUT2D eigenvalue weighted by molar-refractivity contribution is 5.85. The standard InChI is InChI=1S/C13H23NO2/c1-10(11-8-6-5-7-9-11)14-16-12(15)13(2,3)4/h11H,5-9H2,1-4H3/b14-10-. The maximum absolute atomic E-state index is 11.5. The molecule has 0 aliphatic heterocycles. The Balaban J connectivity index is 2.47. The number of rotatable bonds is 2. The second-order valence-electron chi connectivity index (χ2n) is 5.70. The predicted octanol–water partition coefficient (Wildman–Crippen LogP) is 3.53. The molecule has 0 atom stereocenters. The van der Waals surface area contributed by atoms with E-state index < -0.39 is 5.41 Å². The zero-order valence-electron chi connectivity index (χ0n) is 10.9. The second-order valence-corrected chi connectivity index (χ2v) is 5.70. The fourth-order valence-electron chi connectivity index (χ4n) is 1.85. The molecule has 3 nitrogen and oxygen atoms in total. The molecule has 0 aromatic heterocycles.